The first-order valence-corrected chi connectivity index (χ1v) is 6.59. The van der Waals surface area contributed by atoms with Crippen LogP contribution in [0.1, 0.15) is 25.7 Å². The molecule has 2 N–H and O–H groups in total. The van der Waals surface area contributed by atoms with E-state index in [1.807, 2.05) is 0 Å². The number of carboxylic acids is 1. The molecule has 110 valence electrons. The van der Waals surface area contributed by atoms with Gasteiger partial charge in [-0.1, -0.05) is 0 Å². The van der Waals surface area contributed by atoms with Crippen LogP contribution < -0.4 is 5.32 Å². The Morgan fingerprint density at radius 1 is 1.32 bits per heavy atom. The fourth-order valence-electron chi connectivity index (χ4n) is 2.78. The minimum Gasteiger partial charge on any atom is -0.481 e. The largest absolute Gasteiger partial charge is 0.481 e. The van der Waals surface area contributed by atoms with Gasteiger partial charge in [-0.15, -0.1) is 0 Å². The van der Waals surface area contributed by atoms with E-state index >= 15 is 0 Å². The van der Waals surface area contributed by atoms with Crippen LogP contribution in [-0.2, 0) is 4.79 Å². The fourth-order valence-corrected chi connectivity index (χ4v) is 2.78. The minimum absolute atomic E-state index is 0.0351. The van der Waals surface area contributed by atoms with E-state index in [1.54, 1.807) is 0 Å². The molecular weight excluding hydrogens is 261 g/mol. The molecule has 7 heteroatoms. The number of nitrogens with zero attached hydrogens (tertiary/aromatic N) is 1. The van der Waals surface area contributed by atoms with Gasteiger partial charge >= 0.3 is 12.1 Å². The first-order chi connectivity index (χ1) is 8.83. The Bertz CT molecular complexity index is 331. The van der Waals surface area contributed by atoms with E-state index < -0.39 is 18.7 Å². The first-order valence-electron chi connectivity index (χ1n) is 6.59. The second-order valence-electron chi connectivity index (χ2n) is 5.58. The van der Waals surface area contributed by atoms with E-state index in [-0.39, 0.29) is 18.4 Å². The number of alkyl halides is 3. The maximum atomic E-state index is 12.2. The number of halogens is 3. The van der Waals surface area contributed by atoms with E-state index in [0.717, 1.165) is 12.8 Å². The van der Waals surface area contributed by atoms with E-state index in [0.29, 0.717) is 25.6 Å². The van der Waals surface area contributed by atoms with Crippen molar-refractivity contribution >= 4 is 5.97 Å². The van der Waals surface area contributed by atoms with Gasteiger partial charge in [-0.2, -0.15) is 13.2 Å². The standard InChI is InChI=1S/C12H19F3N2O2/c13-12(14,15)7-16-9-3-8(4-11(18)19)5-17(6-9)10-1-2-10/h8-10,16H,1-7H2,(H,18,19). The zero-order valence-electron chi connectivity index (χ0n) is 10.6. The highest BCUT2D eigenvalue weighted by Crippen LogP contribution is 2.32. The van der Waals surface area contributed by atoms with Crippen molar-refractivity contribution < 1.29 is 23.1 Å². The second kappa shape index (κ2) is 5.66. The van der Waals surface area contributed by atoms with Crippen molar-refractivity contribution in [2.24, 2.45) is 5.92 Å². The topological polar surface area (TPSA) is 52.6 Å². The summed E-state index contributed by atoms with van der Waals surface area (Å²) in [6, 6.07) is 0.187. The van der Waals surface area contributed by atoms with Crippen molar-refractivity contribution in [1.82, 2.24) is 10.2 Å². The molecule has 0 radical (unpaired) electrons. The van der Waals surface area contributed by atoms with Gasteiger partial charge in [-0.3, -0.25) is 9.69 Å². The van der Waals surface area contributed by atoms with Crippen molar-refractivity contribution in [2.45, 2.75) is 43.9 Å². The lowest BCUT2D eigenvalue weighted by Crippen LogP contribution is -2.52. The van der Waals surface area contributed by atoms with Crippen LogP contribution in [0.2, 0.25) is 0 Å². The molecule has 2 rings (SSSR count). The highest BCUT2D eigenvalue weighted by Gasteiger charge is 2.37. The lowest BCUT2D eigenvalue weighted by Gasteiger charge is -2.38. The molecule has 2 aliphatic rings. The predicted octanol–water partition coefficient (Wildman–Crippen LogP) is 1.47. The molecule has 0 amide bonds. The Morgan fingerprint density at radius 2 is 2.00 bits per heavy atom. The highest BCUT2D eigenvalue weighted by atomic mass is 19.4. The average molecular weight is 280 g/mol. The number of piperidine rings is 1. The predicted molar refractivity (Wildman–Crippen MR) is 62.8 cm³/mol. The average Bonchev–Trinajstić information content (AvgIpc) is 3.07. The van der Waals surface area contributed by atoms with Crippen LogP contribution in [-0.4, -0.2) is 53.9 Å². The Kier molecular flexibility index (Phi) is 4.35. The summed E-state index contributed by atoms with van der Waals surface area (Å²) in [6.45, 7) is 0.286. The maximum absolute atomic E-state index is 12.2. The lowest BCUT2D eigenvalue weighted by atomic mass is 9.91. The molecule has 1 saturated heterocycles. The van der Waals surface area contributed by atoms with Gasteiger partial charge in [0.05, 0.1) is 6.54 Å². The molecule has 2 fully saturated rings. The number of carboxylic acid groups (broad SMARTS) is 1. The van der Waals surface area contributed by atoms with Crippen LogP contribution in [0.25, 0.3) is 0 Å². The summed E-state index contributed by atoms with van der Waals surface area (Å²) in [5, 5.41) is 11.4. The molecule has 1 aliphatic heterocycles. The maximum Gasteiger partial charge on any atom is 0.401 e. The van der Waals surface area contributed by atoms with E-state index in [4.69, 9.17) is 5.11 Å². The number of likely N-dealkylation sites (tertiary alicyclic amines) is 1. The van der Waals surface area contributed by atoms with Gasteiger partial charge in [0, 0.05) is 31.6 Å². The fraction of sp³-hybridized carbons (Fsp3) is 0.917. The Morgan fingerprint density at radius 3 is 2.53 bits per heavy atom. The second-order valence-corrected chi connectivity index (χ2v) is 5.58. The number of nitrogens with one attached hydrogen (secondary N) is 1. The third-order valence-electron chi connectivity index (χ3n) is 3.68. The summed E-state index contributed by atoms with van der Waals surface area (Å²) in [7, 11) is 0. The van der Waals surface area contributed by atoms with Crippen LogP contribution in [0.15, 0.2) is 0 Å². The third-order valence-corrected chi connectivity index (χ3v) is 3.68. The number of hydrogen-bond donors (Lipinski definition) is 2. The van der Waals surface area contributed by atoms with E-state index in [2.05, 4.69) is 10.2 Å². The van der Waals surface area contributed by atoms with Crippen LogP contribution >= 0.6 is 0 Å². The van der Waals surface area contributed by atoms with E-state index in [1.165, 1.54) is 0 Å². The molecule has 1 heterocycles. The summed E-state index contributed by atoms with van der Waals surface area (Å²) in [5.74, 6) is -0.935. The molecule has 0 aromatic rings. The SMILES string of the molecule is O=C(O)CC1CC(NCC(F)(F)F)CN(C2CC2)C1. The summed E-state index contributed by atoms with van der Waals surface area (Å²) < 4.78 is 36.6. The highest BCUT2D eigenvalue weighted by molar-refractivity contribution is 5.67. The molecule has 19 heavy (non-hydrogen) atoms. The van der Waals surface area contributed by atoms with Crippen LogP contribution in [0.4, 0.5) is 13.2 Å². The smallest absolute Gasteiger partial charge is 0.401 e. The summed E-state index contributed by atoms with van der Waals surface area (Å²) in [4.78, 5) is 12.9. The van der Waals surface area contributed by atoms with Gasteiger partial charge in [-0.25, -0.2) is 0 Å². The van der Waals surface area contributed by atoms with Crippen molar-refractivity contribution in [3.63, 3.8) is 0 Å². The Hall–Kier alpha value is -0.820. The normalized spacial score (nSPS) is 29.4. The monoisotopic (exact) mass is 280 g/mol. The van der Waals surface area contributed by atoms with Crippen molar-refractivity contribution in [1.29, 1.82) is 0 Å². The summed E-state index contributed by atoms with van der Waals surface area (Å²) in [6.07, 6.45) is -1.53. The lowest BCUT2D eigenvalue weighted by molar-refractivity contribution is -0.139. The van der Waals surface area contributed by atoms with Crippen molar-refractivity contribution in [3.05, 3.63) is 0 Å². The van der Waals surface area contributed by atoms with Gasteiger partial charge < -0.3 is 10.4 Å². The Balaban J connectivity index is 1.88. The Labute approximate surface area is 110 Å². The number of aliphatic carboxylic acids is 1. The van der Waals surface area contributed by atoms with Crippen LogP contribution in [0.5, 0.6) is 0 Å². The number of hydrogen-bond acceptors (Lipinski definition) is 3. The molecule has 1 saturated carbocycles. The van der Waals surface area contributed by atoms with Gasteiger partial charge in [0.25, 0.3) is 0 Å². The molecule has 2 unspecified atom stereocenters. The number of rotatable bonds is 5. The molecule has 2 atom stereocenters. The van der Waals surface area contributed by atoms with Crippen molar-refractivity contribution in [3.8, 4) is 0 Å². The molecule has 0 aromatic heterocycles. The zero-order valence-corrected chi connectivity index (χ0v) is 10.6. The zero-order chi connectivity index (χ0) is 14.0. The number of carbonyl (C=O) groups is 1. The first kappa shape index (κ1) is 14.6. The van der Waals surface area contributed by atoms with Crippen LogP contribution in [0.3, 0.4) is 0 Å². The summed E-state index contributed by atoms with van der Waals surface area (Å²) >= 11 is 0. The summed E-state index contributed by atoms with van der Waals surface area (Å²) in [5.41, 5.74) is 0. The van der Waals surface area contributed by atoms with Gasteiger partial charge in [0.1, 0.15) is 0 Å². The van der Waals surface area contributed by atoms with Gasteiger partial charge in [0.15, 0.2) is 0 Å². The quantitative estimate of drug-likeness (QED) is 0.800. The van der Waals surface area contributed by atoms with Crippen LogP contribution in [0, 0.1) is 5.92 Å². The molecule has 0 aromatic carbocycles. The molecule has 4 nitrogen and oxygen atoms in total. The molecular formula is C12H19F3N2O2. The third kappa shape index (κ3) is 4.99. The van der Waals surface area contributed by atoms with E-state index in [9.17, 15) is 18.0 Å². The molecule has 1 aliphatic carbocycles. The molecule has 0 bridgehead atoms. The molecule has 0 spiro atoms. The minimum atomic E-state index is -4.22. The van der Waals surface area contributed by atoms with Gasteiger partial charge in [0.2, 0.25) is 0 Å². The van der Waals surface area contributed by atoms with Gasteiger partial charge in [-0.05, 0) is 25.2 Å². The van der Waals surface area contributed by atoms with Crippen molar-refractivity contribution in [2.75, 3.05) is 19.6 Å².